The maximum atomic E-state index is 5.47. The molecule has 1 aromatic heterocycles. The van der Waals surface area contributed by atoms with Crippen LogP contribution in [0.25, 0.3) is 0 Å². The predicted octanol–water partition coefficient (Wildman–Crippen LogP) is 0.575. The van der Waals surface area contributed by atoms with E-state index in [1.165, 1.54) is 0 Å². The van der Waals surface area contributed by atoms with Crippen LogP contribution in [0.15, 0.2) is 6.20 Å². The second kappa shape index (κ2) is 5.16. The topological polar surface area (TPSA) is 54.2 Å². The molecule has 74 valence electrons. The van der Waals surface area contributed by atoms with Gasteiger partial charge < -0.3 is 16.0 Å². The molecule has 13 heavy (non-hydrogen) atoms. The van der Waals surface area contributed by atoms with Crippen LogP contribution in [0, 0.1) is 0 Å². The van der Waals surface area contributed by atoms with Gasteiger partial charge in [0.1, 0.15) is 0 Å². The lowest BCUT2D eigenvalue weighted by molar-refractivity contribution is 0.425. The zero-order chi connectivity index (χ0) is 9.68. The second-order valence-corrected chi connectivity index (χ2v) is 4.18. The van der Waals surface area contributed by atoms with E-state index in [-0.39, 0.29) is 0 Å². The number of aromatic nitrogens is 1. The quantitative estimate of drug-likeness (QED) is 0.730. The zero-order valence-corrected chi connectivity index (χ0v) is 8.90. The monoisotopic (exact) mass is 200 g/mol. The normalized spacial score (nSPS) is 10.8. The number of nitrogens with two attached hydrogens (primary N) is 1. The Kier molecular flexibility index (Phi) is 4.14. The average molecular weight is 200 g/mol. The van der Waals surface area contributed by atoms with Crippen LogP contribution in [0.4, 0.5) is 5.13 Å². The van der Waals surface area contributed by atoms with Crippen LogP contribution in [-0.4, -0.2) is 37.1 Å². The molecule has 0 aliphatic carbocycles. The molecule has 0 unspecified atom stereocenters. The highest BCUT2D eigenvalue weighted by atomic mass is 32.1. The van der Waals surface area contributed by atoms with Crippen LogP contribution in [-0.2, 0) is 6.54 Å². The van der Waals surface area contributed by atoms with Crippen molar-refractivity contribution in [1.29, 1.82) is 0 Å². The van der Waals surface area contributed by atoms with Crippen LogP contribution in [0.3, 0.4) is 0 Å². The number of rotatable bonds is 5. The zero-order valence-electron chi connectivity index (χ0n) is 8.08. The van der Waals surface area contributed by atoms with Crippen molar-refractivity contribution in [2.45, 2.75) is 6.54 Å². The summed E-state index contributed by atoms with van der Waals surface area (Å²) in [6.45, 7) is 2.51. The molecule has 0 saturated heterocycles. The Morgan fingerprint density at radius 3 is 2.92 bits per heavy atom. The molecule has 1 aromatic rings. The number of thiazole rings is 1. The molecule has 1 heterocycles. The van der Waals surface area contributed by atoms with Crippen molar-refractivity contribution >= 4 is 16.5 Å². The summed E-state index contributed by atoms with van der Waals surface area (Å²) in [5.41, 5.74) is 5.47. The molecular formula is C8H16N4S. The summed E-state index contributed by atoms with van der Waals surface area (Å²) in [5, 5.41) is 4.20. The summed E-state index contributed by atoms with van der Waals surface area (Å²) in [6.07, 6.45) is 1.82. The number of hydrogen-bond donors (Lipinski definition) is 2. The molecular weight excluding hydrogens is 184 g/mol. The lowest BCUT2D eigenvalue weighted by Crippen LogP contribution is -2.20. The standard InChI is InChI=1S/C8H16N4S/c1-12(2)4-3-10-8-11-6-7(5-9)13-8/h6H,3-5,9H2,1-2H3,(H,10,11). The molecule has 0 fully saturated rings. The number of likely N-dealkylation sites (N-methyl/N-ethyl adjacent to an activating group) is 1. The van der Waals surface area contributed by atoms with Crippen molar-refractivity contribution in [3.8, 4) is 0 Å². The summed E-state index contributed by atoms with van der Waals surface area (Å²) >= 11 is 1.62. The van der Waals surface area contributed by atoms with E-state index in [0.717, 1.165) is 23.1 Å². The van der Waals surface area contributed by atoms with Crippen molar-refractivity contribution in [2.75, 3.05) is 32.5 Å². The molecule has 0 spiro atoms. The van der Waals surface area contributed by atoms with Gasteiger partial charge in [-0.25, -0.2) is 4.98 Å². The van der Waals surface area contributed by atoms with Gasteiger partial charge in [-0.3, -0.25) is 0 Å². The maximum absolute atomic E-state index is 5.47. The van der Waals surface area contributed by atoms with Gasteiger partial charge in [-0.15, -0.1) is 11.3 Å². The van der Waals surface area contributed by atoms with Gasteiger partial charge in [0, 0.05) is 30.7 Å². The van der Waals surface area contributed by atoms with Gasteiger partial charge in [0.2, 0.25) is 0 Å². The molecule has 0 radical (unpaired) electrons. The van der Waals surface area contributed by atoms with Crippen LogP contribution in [0.5, 0.6) is 0 Å². The van der Waals surface area contributed by atoms with Crippen molar-refractivity contribution in [3.63, 3.8) is 0 Å². The SMILES string of the molecule is CN(C)CCNc1ncc(CN)s1. The van der Waals surface area contributed by atoms with Gasteiger partial charge in [0.25, 0.3) is 0 Å². The first-order chi connectivity index (χ1) is 6.22. The van der Waals surface area contributed by atoms with E-state index in [0.29, 0.717) is 6.54 Å². The van der Waals surface area contributed by atoms with E-state index in [4.69, 9.17) is 5.73 Å². The molecule has 0 saturated carbocycles. The molecule has 1 rings (SSSR count). The van der Waals surface area contributed by atoms with Crippen LogP contribution < -0.4 is 11.1 Å². The van der Waals surface area contributed by atoms with Gasteiger partial charge in [-0.2, -0.15) is 0 Å². The van der Waals surface area contributed by atoms with Gasteiger partial charge in [0.15, 0.2) is 5.13 Å². The Hall–Kier alpha value is -0.650. The number of nitrogens with one attached hydrogen (secondary N) is 1. The van der Waals surface area contributed by atoms with Crippen LogP contribution in [0.2, 0.25) is 0 Å². The summed E-state index contributed by atoms with van der Waals surface area (Å²) in [7, 11) is 4.10. The number of nitrogens with zero attached hydrogens (tertiary/aromatic N) is 2. The second-order valence-electron chi connectivity index (χ2n) is 3.07. The molecule has 0 aliphatic heterocycles. The molecule has 5 heteroatoms. The molecule has 0 bridgehead atoms. The van der Waals surface area contributed by atoms with E-state index in [9.17, 15) is 0 Å². The molecule has 0 aliphatic rings. The first kappa shape index (κ1) is 10.4. The van der Waals surface area contributed by atoms with Crippen molar-refractivity contribution < 1.29 is 0 Å². The highest BCUT2D eigenvalue weighted by Crippen LogP contribution is 2.16. The molecule has 0 amide bonds. The van der Waals surface area contributed by atoms with Gasteiger partial charge >= 0.3 is 0 Å². The number of hydrogen-bond acceptors (Lipinski definition) is 5. The van der Waals surface area contributed by atoms with Gasteiger partial charge in [-0.1, -0.05) is 0 Å². The highest BCUT2D eigenvalue weighted by Gasteiger charge is 1.98. The molecule has 4 nitrogen and oxygen atoms in total. The summed E-state index contributed by atoms with van der Waals surface area (Å²) in [5.74, 6) is 0. The minimum atomic E-state index is 0.576. The molecule has 3 N–H and O–H groups in total. The average Bonchev–Trinajstić information content (AvgIpc) is 2.52. The maximum Gasteiger partial charge on any atom is 0.182 e. The van der Waals surface area contributed by atoms with Crippen molar-refractivity contribution in [3.05, 3.63) is 11.1 Å². The Balaban J connectivity index is 2.28. The van der Waals surface area contributed by atoms with E-state index >= 15 is 0 Å². The smallest absolute Gasteiger partial charge is 0.182 e. The number of anilines is 1. The largest absolute Gasteiger partial charge is 0.360 e. The van der Waals surface area contributed by atoms with Crippen LogP contribution >= 0.6 is 11.3 Å². The fourth-order valence-electron chi connectivity index (χ4n) is 0.870. The predicted molar refractivity (Wildman–Crippen MR) is 57.0 cm³/mol. The minimum absolute atomic E-state index is 0.576. The lowest BCUT2D eigenvalue weighted by Gasteiger charge is -2.08. The third kappa shape index (κ3) is 3.71. The third-order valence-corrected chi connectivity index (χ3v) is 2.57. The van der Waals surface area contributed by atoms with E-state index in [2.05, 4.69) is 29.3 Å². The summed E-state index contributed by atoms with van der Waals surface area (Å²) < 4.78 is 0. The van der Waals surface area contributed by atoms with Crippen LogP contribution in [0.1, 0.15) is 4.88 Å². The third-order valence-electron chi connectivity index (χ3n) is 1.59. The highest BCUT2D eigenvalue weighted by molar-refractivity contribution is 7.15. The Bertz CT molecular complexity index is 246. The first-order valence-corrected chi connectivity index (χ1v) is 5.07. The Morgan fingerprint density at radius 1 is 1.62 bits per heavy atom. The minimum Gasteiger partial charge on any atom is -0.360 e. The Labute approximate surface area is 82.8 Å². The Morgan fingerprint density at radius 2 is 2.38 bits per heavy atom. The van der Waals surface area contributed by atoms with Gasteiger partial charge in [-0.05, 0) is 14.1 Å². The van der Waals surface area contributed by atoms with E-state index in [1.807, 2.05) is 6.20 Å². The van der Waals surface area contributed by atoms with Gasteiger partial charge in [0.05, 0.1) is 0 Å². The molecule has 0 aromatic carbocycles. The summed E-state index contributed by atoms with van der Waals surface area (Å²) in [4.78, 5) is 7.44. The fourth-order valence-corrected chi connectivity index (χ4v) is 1.59. The van der Waals surface area contributed by atoms with E-state index in [1.54, 1.807) is 11.3 Å². The molecule has 0 atom stereocenters. The van der Waals surface area contributed by atoms with Crippen molar-refractivity contribution in [1.82, 2.24) is 9.88 Å². The van der Waals surface area contributed by atoms with Crippen molar-refractivity contribution in [2.24, 2.45) is 5.73 Å². The summed E-state index contributed by atoms with van der Waals surface area (Å²) in [6, 6.07) is 0. The fraction of sp³-hybridized carbons (Fsp3) is 0.625. The van der Waals surface area contributed by atoms with E-state index < -0.39 is 0 Å². The first-order valence-electron chi connectivity index (χ1n) is 4.25. The lowest BCUT2D eigenvalue weighted by atomic mass is 10.6.